The molecule has 0 bridgehead atoms. The minimum Gasteiger partial charge on any atom is -0.494 e. The number of thioether (sulfide) groups is 1. The molecule has 22 heavy (non-hydrogen) atoms. The molecule has 2 rings (SSSR count). The Bertz CT molecular complexity index is 602. The molecule has 1 amide bonds. The Hall–Kier alpha value is -1.86. The van der Waals surface area contributed by atoms with Gasteiger partial charge in [0.05, 0.1) is 6.61 Å². The average molecular weight is 335 g/mol. The highest BCUT2D eigenvalue weighted by atomic mass is 32.2. The van der Waals surface area contributed by atoms with Crippen molar-refractivity contribution in [1.82, 2.24) is 10.2 Å². The number of hydrogen-bond donors (Lipinski definition) is 1. The quantitative estimate of drug-likeness (QED) is 0.328. The van der Waals surface area contributed by atoms with E-state index in [0.717, 1.165) is 15.8 Å². The number of benzene rings is 1. The summed E-state index contributed by atoms with van der Waals surface area (Å²) in [4.78, 5) is 11.8. The molecule has 0 saturated carbocycles. The molecule has 5 nitrogen and oxygen atoms in total. The normalized spacial score (nSPS) is 10.2. The summed E-state index contributed by atoms with van der Waals surface area (Å²) in [5.41, 5.74) is 0. The zero-order chi connectivity index (χ0) is 15.6. The molecule has 1 aromatic heterocycles. The highest BCUT2D eigenvalue weighted by Gasteiger charge is 2.08. The Labute approximate surface area is 137 Å². The molecule has 0 aliphatic rings. The van der Waals surface area contributed by atoms with Crippen molar-refractivity contribution >= 4 is 34.1 Å². The Morgan fingerprint density at radius 1 is 1.36 bits per heavy atom. The van der Waals surface area contributed by atoms with Gasteiger partial charge >= 0.3 is 0 Å². The number of nitrogens with zero attached hydrogens (tertiary/aromatic N) is 2. The molecule has 0 spiro atoms. The van der Waals surface area contributed by atoms with E-state index in [9.17, 15) is 4.79 Å². The Morgan fingerprint density at radius 2 is 2.18 bits per heavy atom. The van der Waals surface area contributed by atoms with Gasteiger partial charge in [-0.1, -0.05) is 47.4 Å². The second-order valence-corrected chi connectivity index (χ2v) is 6.53. The van der Waals surface area contributed by atoms with Gasteiger partial charge in [-0.3, -0.25) is 4.79 Å². The maximum Gasteiger partial charge on any atom is 0.226 e. The lowest BCUT2D eigenvalue weighted by atomic mass is 10.3. The van der Waals surface area contributed by atoms with Gasteiger partial charge in [0.2, 0.25) is 11.0 Å². The molecule has 0 atom stereocenters. The Morgan fingerprint density at radius 3 is 2.95 bits per heavy atom. The molecule has 0 fully saturated rings. The molecule has 116 valence electrons. The monoisotopic (exact) mass is 335 g/mol. The van der Waals surface area contributed by atoms with E-state index in [0.29, 0.717) is 24.6 Å². The van der Waals surface area contributed by atoms with E-state index in [1.165, 1.54) is 11.3 Å². The maximum absolute atomic E-state index is 11.8. The third-order valence-electron chi connectivity index (χ3n) is 2.54. The van der Waals surface area contributed by atoms with Gasteiger partial charge in [0, 0.05) is 12.2 Å². The number of carbonyl (C=O) groups excluding carboxylic acids is 1. The van der Waals surface area contributed by atoms with Crippen LogP contribution in [-0.4, -0.2) is 28.5 Å². The van der Waals surface area contributed by atoms with E-state index in [1.54, 1.807) is 17.8 Å². The second-order valence-electron chi connectivity index (χ2n) is 4.29. The first-order chi connectivity index (χ1) is 10.8. The van der Waals surface area contributed by atoms with Crippen molar-refractivity contribution in [2.45, 2.75) is 17.2 Å². The summed E-state index contributed by atoms with van der Waals surface area (Å²) in [5, 5.41) is 11.2. The van der Waals surface area contributed by atoms with Crippen LogP contribution in [0.1, 0.15) is 12.8 Å². The number of anilines is 1. The molecule has 0 aliphatic heterocycles. The third kappa shape index (κ3) is 5.87. The zero-order valence-electron chi connectivity index (χ0n) is 12.0. The summed E-state index contributed by atoms with van der Waals surface area (Å²) in [6.45, 7) is 4.16. The van der Waals surface area contributed by atoms with Crippen LogP contribution in [0.2, 0.25) is 0 Å². The van der Waals surface area contributed by atoms with E-state index in [4.69, 9.17) is 4.74 Å². The highest BCUT2D eigenvalue weighted by Crippen LogP contribution is 2.25. The molecular formula is C15H17N3O2S2. The number of nitrogens with one attached hydrogen (secondary N) is 1. The maximum atomic E-state index is 11.8. The van der Waals surface area contributed by atoms with Gasteiger partial charge in [0.25, 0.3) is 0 Å². The number of rotatable bonds is 9. The summed E-state index contributed by atoms with van der Waals surface area (Å²) >= 11 is 2.91. The lowest BCUT2D eigenvalue weighted by Crippen LogP contribution is -2.12. The molecule has 0 aliphatic carbocycles. The molecule has 1 heterocycles. The van der Waals surface area contributed by atoms with Gasteiger partial charge in [-0.15, -0.1) is 16.8 Å². The average Bonchev–Trinajstić information content (AvgIpc) is 2.98. The topological polar surface area (TPSA) is 64.1 Å². The Balaban J connectivity index is 1.65. The lowest BCUT2D eigenvalue weighted by molar-refractivity contribution is -0.116. The summed E-state index contributed by atoms with van der Waals surface area (Å²) in [5.74, 6) is 1.52. The largest absolute Gasteiger partial charge is 0.494 e. The van der Waals surface area contributed by atoms with Crippen molar-refractivity contribution in [3.05, 3.63) is 43.0 Å². The summed E-state index contributed by atoms with van der Waals surface area (Å²) in [7, 11) is 0. The molecule has 0 unspecified atom stereocenters. The van der Waals surface area contributed by atoms with E-state index in [1.807, 2.05) is 30.3 Å². The molecule has 2 aromatic rings. The van der Waals surface area contributed by atoms with Crippen molar-refractivity contribution in [1.29, 1.82) is 0 Å². The summed E-state index contributed by atoms with van der Waals surface area (Å²) in [6.07, 6.45) is 2.84. The summed E-state index contributed by atoms with van der Waals surface area (Å²) in [6, 6.07) is 9.55. The zero-order valence-corrected chi connectivity index (χ0v) is 13.7. The van der Waals surface area contributed by atoms with Gasteiger partial charge in [-0.25, -0.2) is 0 Å². The first-order valence-corrected chi connectivity index (χ1v) is 8.63. The number of ether oxygens (including phenoxy) is 1. The van der Waals surface area contributed by atoms with Crippen LogP contribution >= 0.6 is 23.1 Å². The van der Waals surface area contributed by atoms with Gasteiger partial charge in [0.15, 0.2) is 4.34 Å². The van der Waals surface area contributed by atoms with Crippen LogP contribution in [0.4, 0.5) is 5.13 Å². The van der Waals surface area contributed by atoms with Crippen LogP contribution in [0, 0.1) is 0 Å². The van der Waals surface area contributed by atoms with Gasteiger partial charge < -0.3 is 10.1 Å². The van der Waals surface area contributed by atoms with Crippen molar-refractivity contribution in [2.75, 3.05) is 17.7 Å². The fraction of sp³-hybridized carbons (Fsp3) is 0.267. The van der Waals surface area contributed by atoms with Crippen molar-refractivity contribution in [3.8, 4) is 5.75 Å². The second kappa shape index (κ2) is 9.22. The Kier molecular flexibility index (Phi) is 6.92. The first kappa shape index (κ1) is 16.5. The van der Waals surface area contributed by atoms with Crippen LogP contribution in [0.25, 0.3) is 0 Å². The highest BCUT2D eigenvalue weighted by molar-refractivity contribution is 8.01. The van der Waals surface area contributed by atoms with E-state index < -0.39 is 0 Å². The van der Waals surface area contributed by atoms with Crippen LogP contribution in [0.5, 0.6) is 5.75 Å². The van der Waals surface area contributed by atoms with Gasteiger partial charge in [0.1, 0.15) is 5.75 Å². The van der Waals surface area contributed by atoms with Gasteiger partial charge in [-0.05, 0) is 18.6 Å². The molecule has 1 aromatic carbocycles. The van der Waals surface area contributed by atoms with Crippen LogP contribution in [0.15, 0.2) is 47.3 Å². The van der Waals surface area contributed by atoms with Crippen molar-refractivity contribution in [2.24, 2.45) is 0 Å². The van der Waals surface area contributed by atoms with Crippen molar-refractivity contribution < 1.29 is 9.53 Å². The number of amides is 1. The number of aromatic nitrogens is 2. The minimum absolute atomic E-state index is 0.0758. The third-order valence-corrected chi connectivity index (χ3v) is 4.51. The SMILES string of the molecule is C=CCSc1nnc(NC(=O)CCCOc2ccccc2)s1. The minimum atomic E-state index is -0.0758. The number of hydrogen-bond acceptors (Lipinski definition) is 6. The number of carbonyl (C=O) groups is 1. The first-order valence-electron chi connectivity index (χ1n) is 6.83. The fourth-order valence-corrected chi connectivity index (χ4v) is 3.10. The fourth-order valence-electron chi connectivity index (χ4n) is 1.57. The van der Waals surface area contributed by atoms with E-state index in [2.05, 4.69) is 22.1 Å². The van der Waals surface area contributed by atoms with Crippen molar-refractivity contribution in [3.63, 3.8) is 0 Å². The molecule has 0 saturated heterocycles. The predicted octanol–water partition coefficient (Wildman–Crippen LogP) is 3.61. The smallest absolute Gasteiger partial charge is 0.226 e. The standard InChI is InChI=1S/C15H17N3O2S2/c1-2-11-21-15-18-17-14(22-15)16-13(19)9-6-10-20-12-7-4-3-5-8-12/h2-5,7-8H,1,6,9-11H2,(H,16,17,19). The van der Waals surface area contributed by atoms with Crippen LogP contribution < -0.4 is 10.1 Å². The molecule has 1 N–H and O–H groups in total. The predicted molar refractivity (Wildman–Crippen MR) is 90.6 cm³/mol. The van der Waals surface area contributed by atoms with E-state index in [-0.39, 0.29) is 5.91 Å². The molecule has 0 radical (unpaired) electrons. The lowest BCUT2D eigenvalue weighted by Gasteiger charge is -2.05. The van der Waals surface area contributed by atoms with E-state index >= 15 is 0 Å². The summed E-state index contributed by atoms with van der Waals surface area (Å²) < 4.78 is 6.36. The number of para-hydroxylation sites is 1. The molecular weight excluding hydrogens is 318 g/mol. The van der Waals surface area contributed by atoms with Crippen LogP contribution in [-0.2, 0) is 4.79 Å². The molecule has 7 heteroatoms. The van der Waals surface area contributed by atoms with Gasteiger partial charge in [-0.2, -0.15) is 0 Å². The van der Waals surface area contributed by atoms with Crippen LogP contribution in [0.3, 0.4) is 0 Å².